The van der Waals surface area contributed by atoms with E-state index >= 15 is 0 Å². The third kappa shape index (κ3) is 5.13. The molecule has 0 aliphatic carbocycles. The number of fused-ring (bicyclic) bond motifs is 1. The maximum Gasteiger partial charge on any atom is 0.272 e. The first-order chi connectivity index (χ1) is 15.0. The Morgan fingerprint density at radius 2 is 1.79 bits per heavy atom. The molecule has 22 heteroatoms. The van der Waals surface area contributed by atoms with E-state index < -0.39 is 58.0 Å². The van der Waals surface area contributed by atoms with Crippen LogP contribution in [0.3, 0.4) is 0 Å². The molecule has 1 aliphatic rings. The number of ether oxygens (including phenoxy) is 1. The molecular weight excluding hydrogens is 558 g/mol. The summed E-state index contributed by atoms with van der Waals surface area (Å²) in [7, 11) is -18.5. The number of aliphatic hydroxyl groups is 2. The second kappa shape index (κ2) is 9.04. The smallest absolute Gasteiger partial charge is 0.272 e. The zero-order chi connectivity index (χ0) is 25.0. The van der Waals surface area contributed by atoms with E-state index in [1.54, 1.807) is 0 Å². The Hall–Kier alpha value is -0.740. The summed E-state index contributed by atoms with van der Waals surface area (Å²) in [6.45, 7) is -1.12. The fraction of sp³-hybridized carbons (Fsp3) is 0.545. The molecule has 1 fully saturated rings. The average molecular weight is 570 g/mol. The maximum atomic E-state index is 11.8. The molecule has 1 saturated heterocycles. The van der Waals surface area contributed by atoms with Crippen LogP contribution in [0.1, 0.15) is 6.23 Å². The van der Waals surface area contributed by atoms with Gasteiger partial charge in [0.25, 0.3) is 7.82 Å². The molecule has 3 rings (SSSR count). The predicted octanol–water partition coefficient (Wildman–Crippen LogP) is -2.91. The van der Waals surface area contributed by atoms with Crippen molar-refractivity contribution in [3.63, 3.8) is 0 Å². The third-order valence-corrected chi connectivity index (χ3v) is 11.7. The van der Waals surface area contributed by atoms with Crippen molar-refractivity contribution in [2.24, 2.45) is 0 Å². The highest BCUT2D eigenvalue weighted by molar-refractivity contribution is 7.79. The van der Waals surface area contributed by atoms with Crippen LogP contribution in [0.15, 0.2) is 12.7 Å². The Kier molecular flexibility index (Phi) is 7.36. The summed E-state index contributed by atoms with van der Waals surface area (Å²) < 4.78 is 44.8. The van der Waals surface area contributed by atoms with Gasteiger partial charge in [-0.3, -0.25) is 13.4 Å². The first kappa shape index (κ1) is 26.9. The van der Waals surface area contributed by atoms with Gasteiger partial charge in [-0.15, -0.1) is 0 Å². The number of aromatic nitrogens is 4. The second-order valence-corrected chi connectivity index (χ2v) is 14.3. The largest absolute Gasteiger partial charge is 0.808 e. The Balaban J connectivity index is 1.72. The van der Waals surface area contributed by atoms with Crippen molar-refractivity contribution in [1.29, 1.82) is 0 Å². The lowest BCUT2D eigenvalue weighted by Gasteiger charge is -2.47. The maximum absolute atomic E-state index is 11.8. The molecule has 0 amide bonds. The summed E-state index contributed by atoms with van der Waals surface area (Å²) in [5, 5.41) is 20.4. The number of hydrogen-bond donors (Lipinski definition) is 3. The van der Waals surface area contributed by atoms with Crippen molar-refractivity contribution in [2.75, 3.05) is 12.3 Å². The number of hydrogen-bond acceptors (Lipinski definition) is 16. The number of aliphatic hydroxyl groups excluding tert-OH is 2. The van der Waals surface area contributed by atoms with Gasteiger partial charge in [0, 0.05) is 0 Å². The summed E-state index contributed by atoms with van der Waals surface area (Å²) in [4.78, 5) is 57.0. The average Bonchev–Trinajstić information content (AvgIpc) is 3.21. The van der Waals surface area contributed by atoms with Crippen LogP contribution in [0.25, 0.3) is 11.2 Å². The van der Waals surface area contributed by atoms with Gasteiger partial charge >= 0.3 is 0 Å². The van der Waals surface area contributed by atoms with Gasteiger partial charge in [0.1, 0.15) is 30.2 Å². The monoisotopic (exact) mass is 569 g/mol. The van der Waals surface area contributed by atoms with E-state index in [1.807, 2.05) is 0 Å². The van der Waals surface area contributed by atoms with Crippen molar-refractivity contribution < 1.29 is 57.1 Å². The minimum atomic E-state index is -6.31. The molecule has 17 nitrogen and oxygen atoms in total. The number of nitrogens with two attached hydrogens (primary N) is 1. The summed E-state index contributed by atoms with van der Waals surface area (Å²) in [5.74, 6) is 0.00789. The fourth-order valence-corrected chi connectivity index (χ4v) is 6.72. The highest BCUT2D eigenvalue weighted by Crippen LogP contribution is 2.74. The van der Waals surface area contributed by atoms with Gasteiger partial charge in [-0.25, -0.2) is 15.0 Å². The van der Waals surface area contributed by atoms with Gasteiger partial charge in [-0.2, -0.15) is 0 Å². The molecule has 2 aromatic heterocycles. The van der Waals surface area contributed by atoms with E-state index in [-0.39, 0.29) is 17.0 Å². The van der Waals surface area contributed by atoms with Gasteiger partial charge < -0.3 is 53.9 Å². The molecule has 0 bridgehead atoms. The van der Waals surface area contributed by atoms with Crippen LogP contribution in [-0.2, 0) is 27.3 Å². The number of rotatable bonds is 8. The number of nitrogen functional groups attached to an aromatic ring is 1. The van der Waals surface area contributed by atoms with Gasteiger partial charge in [0.2, 0.25) is 3.82 Å². The summed E-state index contributed by atoms with van der Waals surface area (Å²) in [5.41, 5.74) is 5.90. The second-order valence-electron chi connectivity index (χ2n) is 6.46. The molecule has 0 saturated carbocycles. The minimum absolute atomic E-state index is 0.00789. The van der Waals surface area contributed by atoms with Gasteiger partial charge in [-0.1, -0.05) is 23.2 Å². The van der Waals surface area contributed by atoms with Crippen LogP contribution in [0.5, 0.6) is 0 Å². The van der Waals surface area contributed by atoms with Crippen LogP contribution in [0, 0.1) is 0 Å². The zero-order valence-corrected chi connectivity index (χ0v) is 19.8. The molecule has 0 aromatic carbocycles. The Labute approximate surface area is 193 Å². The highest BCUT2D eigenvalue weighted by Gasteiger charge is 2.46. The molecule has 186 valence electrons. The van der Waals surface area contributed by atoms with Gasteiger partial charge in [0.15, 0.2) is 25.3 Å². The molecule has 0 spiro atoms. The van der Waals surface area contributed by atoms with E-state index in [2.05, 4.69) is 23.8 Å². The van der Waals surface area contributed by atoms with E-state index in [4.69, 9.17) is 33.7 Å². The molecule has 0 radical (unpaired) electrons. The van der Waals surface area contributed by atoms with Crippen LogP contribution >= 0.6 is 46.2 Å². The molecule has 6 atom stereocenters. The predicted molar refractivity (Wildman–Crippen MR) is 100.0 cm³/mol. The Morgan fingerprint density at radius 3 is 2.39 bits per heavy atom. The molecule has 33 heavy (non-hydrogen) atoms. The van der Waals surface area contributed by atoms with Crippen LogP contribution in [-0.4, -0.2) is 58.5 Å². The molecule has 3 heterocycles. The number of halogens is 2. The molecular formula is C11H12Cl2N5O12P3-4. The summed E-state index contributed by atoms with van der Waals surface area (Å²) in [6, 6.07) is 0. The van der Waals surface area contributed by atoms with E-state index in [9.17, 15) is 43.5 Å². The van der Waals surface area contributed by atoms with Gasteiger partial charge in [0.05, 0.1) is 12.9 Å². The number of nitrogens with zero attached hydrogens (tertiary/aromatic N) is 4. The fourth-order valence-electron chi connectivity index (χ4n) is 2.67. The molecule has 2 unspecified atom stereocenters. The number of imidazole rings is 1. The first-order valence-corrected chi connectivity index (χ1v) is 13.6. The number of alkyl halides is 2. The van der Waals surface area contributed by atoms with Crippen molar-refractivity contribution in [1.82, 2.24) is 19.5 Å². The molecule has 2 aromatic rings. The summed E-state index contributed by atoms with van der Waals surface area (Å²) in [6.07, 6.45) is -4.14. The van der Waals surface area contributed by atoms with Crippen molar-refractivity contribution in [2.45, 2.75) is 28.4 Å². The molecule has 4 N–H and O–H groups in total. The van der Waals surface area contributed by atoms with Gasteiger partial charge in [-0.05, 0) is 7.60 Å². The lowest BCUT2D eigenvalue weighted by Crippen LogP contribution is -2.35. The minimum Gasteiger partial charge on any atom is -0.808 e. The van der Waals surface area contributed by atoms with E-state index in [0.717, 1.165) is 17.2 Å². The van der Waals surface area contributed by atoms with Crippen LogP contribution in [0.2, 0.25) is 0 Å². The Morgan fingerprint density at radius 1 is 1.15 bits per heavy atom. The lowest BCUT2D eigenvalue weighted by molar-refractivity contribution is -0.315. The first-order valence-electron chi connectivity index (χ1n) is 8.31. The highest BCUT2D eigenvalue weighted by atomic mass is 35.5. The molecule has 1 aliphatic heterocycles. The third-order valence-electron chi connectivity index (χ3n) is 4.26. The number of phosphoric acid groups is 1. The zero-order valence-electron chi connectivity index (χ0n) is 15.6. The van der Waals surface area contributed by atoms with E-state index in [1.165, 1.54) is 0 Å². The number of phosphoric ester groups is 1. The number of anilines is 1. The topological polar surface area (TPSA) is 281 Å². The van der Waals surface area contributed by atoms with Crippen molar-refractivity contribution >= 4 is 63.2 Å². The normalized spacial score (nSPS) is 28.0. The van der Waals surface area contributed by atoms with Crippen LogP contribution in [0.4, 0.5) is 5.82 Å². The standard InChI is InChI=1S/C11H16Cl2N5O12P3/c12-11(13,31(21,22)23)32(24,25)30-33(26,27)28-1-4-6(19)7(20)10(29-4)18-3-17-5-8(14)15-2-16-9(5)18/h2-4,6-7,10,19-20H,1H2,(H,24,25)(H,26,27)(H2,14,15,16)(H2,21,22,23)/p-4/t4-,6-,7-,10-/m1/s1. The van der Waals surface area contributed by atoms with Crippen LogP contribution < -0.4 is 25.3 Å². The Bertz CT molecular complexity index is 1190. The SMILES string of the molecule is Nc1ncnc2c1ncn2[C@@H]1O[C@H](COP(=O)([O-])OP(=O)([O-])C(Cl)(Cl)P(=O)([O-])[O-])[C@@H](O)[C@H]1O. The summed E-state index contributed by atoms with van der Waals surface area (Å²) >= 11 is 9.90. The van der Waals surface area contributed by atoms with Crippen molar-refractivity contribution in [3.8, 4) is 0 Å². The lowest BCUT2D eigenvalue weighted by atomic mass is 10.1. The van der Waals surface area contributed by atoms with E-state index in [0.29, 0.717) is 0 Å². The van der Waals surface area contributed by atoms with Crippen molar-refractivity contribution in [3.05, 3.63) is 12.7 Å². The quantitative estimate of drug-likeness (QED) is 0.212.